The van der Waals surface area contributed by atoms with Crippen molar-refractivity contribution in [1.29, 1.82) is 0 Å². The van der Waals surface area contributed by atoms with Gasteiger partial charge in [-0.3, -0.25) is 4.90 Å². The molecule has 4 heteroatoms. The lowest BCUT2D eigenvalue weighted by Crippen LogP contribution is -2.43. The molecule has 0 aliphatic carbocycles. The molecule has 102 valence electrons. The molecule has 1 heterocycles. The van der Waals surface area contributed by atoms with Crippen LogP contribution in [-0.4, -0.2) is 57.0 Å². The topological polar surface area (TPSA) is 47.7 Å². The molecule has 2 N–H and O–H groups in total. The minimum absolute atomic E-state index is 0.423. The maximum atomic E-state index is 5.71. The van der Waals surface area contributed by atoms with Gasteiger partial charge in [0.1, 0.15) is 0 Å². The zero-order valence-corrected chi connectivity index (χ0v) is 11.4. The highest BCUT2D eigenvalue weighted by Crippen LogP contribution is 2.16. The van der Waals surface area contributed by atoms with Crippen molar-refractivity contribution in [2.45, 2.75) is 44.8 Å². The molecule has 1 rings (SSSR count). The van der Waals surface area contributed by atoms with Crippen molar-refractivity contribution >= 4 is 0 Å². The summed E-state index contributed by atoms with van der Waals surface area (Å²) in [5.74, 6) is 0. The molecule has 0 radical (unpaired) electrons. The molecule has 0 spiro atoms. The lowest BCUT2D eigenvalue weighted by molar-refractivity contribution is 0.0327. The zero-order valence-electron chi connectivity index (χ0n) is 11.4. The Bertz CT molecular complexity index is 184. The van der Waals surface area contributed by atoms with Gasteiger partial charge in [0.25, 0.3) is 0 Å². The van der Waals surface area contributed by atoms with Crippen LogP contribution in [0.3, 0.4) is 0 Å². The van der Waals surface area contributed by atoms with Crippen LogP contribution in [0.2, 0.25) is 0 Å². The van der Waals surface area contributed by atoms with Gasteiger partial charge in [-0.2, -0.15) is 0 Å². The van der Waals surface area contributed by atoms with Crippen molar-refractivity contribution < 1.29 is 9.47 Å². The van der Waals surface area contributed by atoms with E-state index in [1.807, 2.05) is 0 Å². The number of hydrogen-bond donors (Lipinski definition) is 1. The standard InChI is InChI=1S/C13H28N2O2/c1-3-15(10-13-7-5-9-17-13)12(11-16-2)6-4-8-14/h12-13H,3-11,14H2,1-2H3. The van der Waals surface area contributed by atoms with E-state index in [0.29, 0.717) is 12.1 Å². The van der Waals surface area contributed by atoms with E-state index < -0.39 is 0 Å². The lowest BCUT2D eigenvalue weighted by Gasteiger charge is -2.32. The van der Waals surface area contributed by atoms with Crippen molar-refractivity contribution in [1.82, 2.24) is 4.90 Å². The summed E-state index contributed by atoms with van der Waals surface area (Å²) < 4.78 is 11.0. The SMILES string of the molecule is CCN(CC1CCCO1)C(CCCN)COC. The molecule has 0 amide bonds. The Kier molecular flexibility index (Phi) is 7.77. The van der Waals surface area contributed by atoms with Gasteiger partial charge >= 0.3 is 0 Å². The van der Waals surface area contributed by atoms with E-state index in [1.54, 1.807) is 7.11 Å². The van der Waals surface area contributed by atoms with Gasteiger partial charge in [-0.05, 0) is 38.8 Å². The fourth-order valence-electron chi connectivity index (χ4n) is 2.50. The molecule has 0 bridgehead atoms. The highest BCUT2D eigenvalue weighted by atomic mass is 16.5. The molecule has 2 atom stereocenters. The molecule has 1 aliphatic rings. The fraction of sp³-hybridized carbons (Fsp3) is 1.00. The van der Waals surface area contributed by atoms with Crippen molar-refractivity contribution in [3.63, 3.8) is 0 Å². The second-order valence-corrected chi connectivity index (χ2v) is 4.76. The Balaban J connectivity index is 2.40. The van der Waals surface area contributed by atoms with Crippen LogP contribution in [0, 0.1) is 0 Å². The zero-order chi connectivity index (χ0) is 12.5. The largest absolute Gasteiger partial charge is 0.383 e. The third-order valence-corrected chi connectivity index (χ3v) is 3.49. The van der Waals surface area contributed by atoms with Crippen LogP contribution < -0.4 is 5.73 Å². The summed E-state index contributed by atoms with van der Waals surface area (Å²) in [5.41, 5.74) is 5.59. The van der Waals surface area contributed by atoms with Gasteiger partial charge < -0.3 is 15.2 Å². The maximum Gasteiger partial charge on any atom is 0.0702 e. The van der Waals surface area contributed by atoms with E-state index in [0.717, 1.165) is 45.7 Å². The number of nitrogens with zero attached hydrogens (tertiary/aromatic N) is 1. The predicted molar refractivity (Wildman–Crippen MR) is 70.2 cm³/mol. The molecule has 17 heavy (non-hydrogen) atoms. The Morgan fingerprint density at radius 1 is 1.53 bits per heavy atom. The van der Waals surface area contributed by atoms with E-state index in [9.17, 15) is 0 Å². The van der Waals surface area contributed by atoms with E-state index in [2.05, 4.69) is 11.8 Å². The molecule has 1 aliphatic heterocycles. The quantitative estimate of drug-likeness (QED) is 0.663. The van der Waals surface area contributed by atoms with Gasteiger partial charge in [-0.25, -0.2) is 0 Å². The summed E-state index contributed by atoms with van der Waals surface area (Å²) in [4.78, 5) is 2.48. The van der Waals surface area contributed by atoms with Gasteiger partial charge in [-0.15, -0.1) is 0 Å². The number of hydrogen-bond acceptors (Lipinski definition) is 4. The molecule has 1 saturated heterocycles. The second-order valence-electron chi connectivity index (χ2n) is 4.76. The minimum Gasteiger partial charge on any atom is -0.383 e. The molecule has 0 saturated carbocycles. The number of ether oxygens (including phenoxy) is 2. The lowest BCUT2D eigenvalue weighted by atomic mass is 10.1. The first-order chi connectivity index (χ1) is 8.31. The number of likely N-dealkylation sites (N-methyl/N-ethyl adjacent to an activating group) is 1. The van der Waals surface area contributed by atoms with Gasteiger partial charge in [0, 0.05) is 26.3 Å². The fourth-order valence-corrected chi connectivity index (χ4v) is 2.50. The average molecular weight is 244 g/mol. The van der Waals surface area contributed by atoms with Crippen LogP contribution >= 0.6 is 0 Å². The highest BCUT2D eigenvalue weighted by molar-refractivity contribution is 4.76. The molecule has 0 aromatic heterocycles. The highest BCUT2D eigenvalue weighted by Gasteiger charge is 2.23. The average Bonchev–Trinajstić information content (AvgIpc) is 2.84. The van der Waals surface area contributed by atoms with Gasteiger partial charge in [0.05, 0.1) is 12.7 Å². The maximum absolute atomic E-state index is 5.71. The Hall–Kier alpha value is -0.160. The predicted octanol–water partition coefficient (Wildman–Crippen LogP) is 1.24. The molecule has 2 unspecified atom stereocenters. The molecular formula is C13H28N2O2. The number of nitrogens with two attached hydrogens (primary N) is 1. The van der Waals surface area contributed by atoms with E-state index in [4.69, 9.17) is 15.2 Å². The summed E-state index contributed by atoms with van der Waals surface area (Å²) in [6.45, 7) is 6.78. The Labute approximate surface area is 105 Å². The molecule has 0 aromatic rings. The first-order valence-corrected chi connectivity index (χ1v) is 6.86. The van der Waals surface area contributed by atoms with Gasteiger partial charge in [0.2, 0.25) is 0 Å². The van der Waals surface area contributed by atoms with Crippen LogP contribution in [0.1, 0.15) is 32.6 Å². The smallest absolute Gasteiger partial charge is 0.0702 e. The van der Waals surface area contributed by atoms with Crippen LogP contribution in [0.4, 0.5) is 0 Å². The third-order valence-electron chi connectivity index (χ3n) is 3.49. The second kappa shape index (κ2) is 8.86. The molecular weight excluding hydrogens is 216 g/mol. The van der Waals surface area contributed by atoms with E-state index in [1.165, 1.54) is 12.8 Å². The Morgan fingerprint density at radius 2 is 2.35 bits per heavy atom. The van der Waals surface area contributed by atoms with Gasteiger partial charge in [-0.1, -0.05) is 6.92 Å². The molecule has 0 aromatic carbocycles. The van der Waals surface area contributed by atoms with Crippen molar-refractivity contribution in [2.24, 2.45) is 5.73 Å². The monoisotopic (exact) mass is 244 g/mol. The van der Waals surface area contributed by atoms with Crippen molar-refractivity contribution in [3.05, 3.63) is 0 Å². The molecule has 1 fully saturated rings. The van der Waals surface area contributed by atoms with Crippen LogP contribution in [0.5, 0.6) is 0 Å². The number of rotatable bonds is 9. The number of methoxy groups -OCH3 is 1. The summed E-state index contributed by atoms with van der Waals surface area (Å²) in [7, 11) is 1.77. The minimum atomic E-state index is 0.423. The van der Waals surface area contributed by atoms with E-state index >= 15 is 0 Å². The van der Waals surface area contributed by atoms with Gasteiger partial charge in [0.15, 0.2) is 0 Å². The first-order valence-electron chi connectivity index (χ1n) is 6.86. The summed E-state index contributed by atoms with van der Waals surface area (Å²) in [6, 6.07) is 0.484. The van der Waals surface area contributed by atoms with Crippen molar-refractivity contribution in [2.75, 3.05) is 40.0 Å². The summed E-state index contributed by atoms with van der Waals surface area (Å²) >= 11 is 0. The normalized spacial score (nSPS) is 22.2. The first kappa shape index (κ1) is 14.9. The Morgan fingerprint density at radius 3 is 2.88 bits per heavy atom. The summed E-state index contributed by atoms with van der Waals surface area (Å²) in [6.07, 6.45) is 5.01. The van der Waals surface area contributed by atoms with Crippen molar-refractivity contribution in [3.8, 4) is 0 Å². The van der Waals surface area contributed by atoms with E-state index in [-0.39, 0.29) is 0 Å². The summed E-state index contributed by atoms with van der Waals surface area (Å²) in [5, 5.41) is 0. The van der Waals surface area contributed by atoms with Crippen LogP contribution in [-0.2, 0) is 9.47 Å². The molecule has 4 nitrogen and oxygen atoms in total. The van der Waals surface area contributed by atoms with Crippen LogP contribution in [0.15, 0.2) is 0 Å². The third kappa shape index (κ3) is 5.34. The van der Waals surface area contributed by atoms with Crippen LogP contribution in [0.25, 0.3) is 0 Å².